The van der Waals surface area contributed by atoms with Gasteiger partial charge in [0.1, 0.15) is 6.07 Å². The standard InChI is InChI=1S/C9H10N4S/c1-13(11)9(14)12-8-5-3-2-4-7(8)6-10/h2-5H,11H2,1H3,(H,12,14). The van der Waals surface area contributed by atoms with Crippen LogP contribution in [-0.2, 0) is 0 Å². The highest BCUT2D eigenvalue weighted by Gasteiger charge is 2.03. The zero-order valence-electron chi connectivity index (χ0n) is 7.69. The van der Waals surface area contributed by atoms with Gasteiger partial charge in [-0.15, -0.1) is 0 Å². The molecular formula is C9H10N4S. The Hall–Kier alpha value is -1.64. The zero-order valence-corrected chi connectivity index (χ0v) is 8.51. The minimum Gasteiger partial charge on any atom is -0.330 e. The predicted molar refractivity (Wildman–Crippen MR) is 59.3 cm³/mol. The Bertz CT molecular complexity index is 381. The average molecular weight is 206 g/mol. The van der Waals surface area contributed by atoms with Crippen molar-refractivity contribution >= 4 is 23.0 Å². The Morgan fingerprint density at radius 1 is 1.57 bits per heavy atom. The molecule has 0 spiro atoms. The second kappa shape index (κ2) is 4.56. The number of rotatable bonds is 1. The average Bonchev–Trinajstić information content (AvgIpc) is 2.18. The Morgan fingerprint density at radius 3 is 2.79 bits per heavy atom. The molecule has 4 nitrogen and oxygen atoms in total. The van der Waals surface area contributed by atoms with Crippen molar-refractivity contribution in [2.45, 2.75) is 0 Å². The first kappa shape index (κ1) is 10.4. The Labute approximate surface area is 87.9 Å². The molecule has 14 heavy (non-hydrogen) atoms. The van der Waals surface area contributed by atoms with Gasteiger partial charge in [0.2, 0.25) is 0 Å². The molecule has 1 aromatic rings. The van der Waals surface area contributed by atoms with Gasteiger partial charge in [-0.25, -0.2) is 5.84 Å². The van der Waals surface area contributed by atoms with Crippen LogP contribution in [0.3, 0.4) is 0 Å². The largest absolute Gasteiger partial charge is 0.330 e. The second-order valence-electron chi connectivity index (χ2n) is 2.70. The van der Waals surface area contributed by atoms with Crippen LogP contribution in [0.2, 0.25) is 0 Å². The third kappa shape index (κ3) is 2.42. The van der Waals surface area contributed by atoms with Gasteiger partial charge >= 0.3 is 0 Å². The summed E-state index contributed by atoms with van der Waals surface area (Å²) >= 11 is 4.95. The molecule has 0 saturated carbocycles. The smallest absolute Gasteiger partial charge is 0.187 e. The Kier molecular flexibility index (Phi) is 3.40. The van der Waals surface area contributed by atoms with Crippen molar-refractivity contribution < 1.29 is 0 Å². The minimum absolute atomic E-state index is 0.368. The number of thiocarbonyl (C=S) groups is 1. The number of nitrogens with one attached hydrogen (secondary N) is 1. The first-order chi connectivity index (χ1) is 6.65. The molecule has 0 heterocycles. The van der Waals surface area contributed by atoms with Crippen LogP contribution < -0.4 is 11.2 Å². The van der Waals surface area contributed by atoms with Crippen LogP contribution in [0.1, 0.15) is 5.56 Å². The van der Waals surface area contributed by atoms with E-state index in [1.807, 2.05) is 6.07 Å². The fourth-order valence-electron chi connectivity index (χ4n) is 0.893. The van der Waals surface area contributed by atoms with Gasteiger partial charge in [0.15, 0.2) is 5.11 Å². The molecule has 1 rings (SSSR count). The molecule has 0 amide bonds. The summed E-state index contributed by atoms with van der Waals surface area (Å²) in [7, 11) is 1.63. The van der Waals surface area contributed by atoms with E-state index >= 15 is 0 Å². The van der Waals surface area contributed by atoms with Crippen LogP contribution >= 0.6 is 12.2 Å². The van der Waals surface area contributed by atoms with E-state index in [1.54, 1.807) is 25.2 Å². The summed E-state index contributed by atoms with van der Waals surface area (Å²) in [6.45, 7) is 0. The molecule has 0 aromatic heterocycles. The van der Waals surface area contributed by atoms with Crippen LogP contribution in [0.15, 0.2) is 24.3 Å². The summed E-state index contributed by atoms with van der Waals surface area (Å²) in [6.07, 6.45) is 0. The summed E-state index contributed by atoms with van der Waals surface area (Å²) in [6, 6.07) is 9.15. The lowest BCUT2D eigenvalue weighted by atomic mass is 10.2. The van der Waals surface area contributed by atoms with Crippen molar-refractivity contribution in [1.82, 2.24) is 5.01 Å². The summed E-state index contributed by atoms with van der Waals surface area (Å²) in [5.74, 6) is 5.42. The van der Waals surface area contributed by atoms with Crippen molar-refractivity contribution in [3.63, 3.8) is 0 Å². The summed E-state index contributed by atoms with van der Waals surface area (Å²) in [4.78, 5) is 0. The monoisotopic (exact) mass is 206 g/mol. The van der Waals surface area contributed by atoms with E-state index in [4.69, 9.17) is 23.3 Å². The highest BCUT2D eigenvalue weighted by atomic mass is 32.1. The van der Waals surface area contributed by atoms with Gasteiger partial charge in [-0.2, -0.15) is 5.26 Å². The fraction of sp³-hybridized carbons (Fsp3) is 0.111. The summed E-state index contributed by atoms with van der Waals surface area (Å²) in [5.41, 5.74) is 1.20. The van der Waals surface area contributed by atoms with Gasteiger partial charge < -0.3 is 5.32 Å². The second-order valence-corrected chi connectivity index (χ2v) is 3.09. The number of hydrazine groups is 1. The van der Waals surface area contributed by atoms with Crippen molar-refractivity contribution in [3.05, 3.63) is 29.8 Å². The first-order valence-electron chi connectivity index (χ1n) is 3.93. The molecule has 0 aliphatic rings. The molecule has 72 valence electrons. The SMILES string of the molecule is CN(N)C(=S)Nc1ccccc1C#N. The third-order valence-corrected chi connectivity index (χ3v) is 2.00. The number of anilines is 1. The molecular weight excluding hydrogens is 196 g/mol. The lowest BCUT2D eigenvalue weighted by Gasteiger charge is -2.15. The van der Waals surface area contributed by atoms with E-state index < -0.39 is 0 Å². The molecule has 0 unspecified atom stereocenters. The summed E-state index contributed by atoms with van der Waals surface area (Å²) < 4.78 is 0. The van der Waals surface area contributed by atoms with E-state index in [2.05, 4.69) is 11.4 Å². The minimum atomic E-state index is 0.368. The van der Waals surface area contributed by atoms with Crippen molar-refractivity contribution in [2.24, 2.45) is 5.84 Å². The molecule has 0 fully saturated rings. The lowest BCUT2D eigenvalue weighted by Crippen LogP contribution is -2.36. The van der Waals surface area contributed by atoms with E-state index in [0.29, 0.717) is 16.4 Å². The van der Waals surface area contributed by atoms with Gasteiger partial charge in [-0.05, 0) is 24.4 Å². The maximum absolute atomic E-state index is 8.79. The van der Waals surface area contributed by atoms with Crippen molar-refractivity contribution in [1.29, 1.82) is 5.26 Å². The van der Waals surface area contributed by atoms with Gasteiger partial charge in [0.25, 0.3) is 0 Å². The molecule has 1 aromatic carbocycles. The van der Waals surface area contributed by atoms with Gasteiger partial charge in [0.05, 0.1) is 11.3 Å². The van der Waals surface area contributed by atoms with Gasteiger partial charge in [0, 0.05) is 7.05 Å². The number of nitriles is 1. The summed E-state index contributed by atoms with van der Waals surface area (Å²) in [5, 5.41) is 13.3. The zero-order chi connectivity index (χ0) is 10.6. The Morgan fingerprint density at radius 2 is 2.21 bits per heavy atom. The molecule has 0 radical (unpaired) electrons. The molecule has 0 saturated heterocycles. The number of para-hydroxylation sites is 1. The highest BCUT2D eigenvalue weighted by molar-refractivity contribution is 7.80. The maximum Gasteiger partial charge on any atom is 0.187 e. The lowest BCUT2D eigenvalue weighted by molar-refractivity contribution is 0.548. The van der Waals surface area contributed by atoms with Crippen LogP contribution in [0.5, 0.6) is 0 Å². The molecule has 0 aliphatic carbocycles. The highest BCUT2D eigenvalue weighted by Crippen LogP contribution is 2.13. The van der Waals surface area contributed by atoms with Crippen LogP contribution in [0.4, 0.5) is 5.69 Å². The normalized spacial score (nSPS) is 8.93. The number of hydrogen-bond acceptors (Lipinski definition) is 3. The van der Waals surface area contributed by atoms with Crippen LogP contribution in [0.25, 0.3) is 0 Å². The molecule has 0 aliphatic heterocycles. The van der Waals surface area contributed by atoms with Crippen LogP contribution in [-0.4, -0.2) is 17.2 Å². The molecule has 5 heteroatoms. The van der Waals surface area contributed by atoms with Crippen molar-refractivity contribution in [3.8, 4) is 6.07 Å². The Balaban J connectivity index is 2.87. The van der Waals surface area contributed by atoms with E-state index in [9.17, 15) is 0 Å². The fourth-order valence-corrected chi connectivity index (χ4v) is 1.00. The number of benzene rings is 1. The van der Waals surface area contributed by atoms with Gasteiger partial charge in [-0.1, -0.05) is 12.1 Å². The predicted octanol–water partition coefficient (Wildman–Crippen LogP) is 1.06. The number of hydrogen-bond donors (Lipinski definition) is 2. The molecule has 3 N–H and O–H groups in total. The third-order valence-electron chi connectivity index (χ3n) is 1.61. The first-order valence-corrected chi connectivity index (χ1v) is 4.34. The maximum atomic E-state index is 8.79. The number of nitrogens with zero attached hydrogens (tertiary/aromatic N) is 2. The van der Waals surface area contributed by atoms with Gasteiger partial charge in [-0.3, -0.25) is 5.01 Å². The van der Waals surface area contributed by atoms with E-state index in [1.165, 1.54) is 5.01 Å². The van der Waals surface area contributed by atoms with Crippen molar-refractivity contribution in [2.75, 3.05) is 12.4 Å². The number of nitrogens with two attached hydrogens (primary N) is 1. The van der Waals surface area contributed by atoms with E-state index in [0.717, 1.165) is 0 Å². The molecule has 0 bridgehead atoms. The van der Waals surface area contributed by atoms with Crippen LogP contribution in [0, 0.1) is 11.3 Å². The quantitative estimate of drug-likeness (QED) is 0.408. The molecule has 0 atom stereocenters. The van der Waals surface area contributed by atoms with E-state index in [-0.39, 0.29) is 0 Å². The topological polar surface area (TPSA) is 65.1 Å².